The van der Waals surface area contributed by atoms with Gasteiger partial charge < -0.3 is 0 Å². The van der Waals surface area contributed by atoms with Gasteiger partial charge in [-0.15, -0.1) is 19.7 Å². The lowest BCUT2D eigenvalue weighted by Gasteiger charge is -2.38. The molecule has 0 aromatic carbocycles. The van der Waals surface area contributed by atoms with E-state index in [4.69, 9.17) is 0 Å². The van der Waals surface area contributed by atoms with Crippen molar-refractivity contribution in [3.8, 4) is 0 Å². The van der Waals surface area contributed by atoms with Crippen molar-refractivity contribution in [3.05, 3.63) is 74.4 Å². The van der Waals surface area contributed by atoms with Crippen LogP contribution in [0.25, 0.3) is 0 Å². The summed E-state index contributed by atoms with van der Waals surface area (Å²) in [6.07, 6.45) is 17.4. The quantitative estimate of drug-likeness (QED) is 0.344. The molecule has 122 valence electrons. The van der Waals surface area contributed by atoms with Gasteiger partial charge in [0.2, 0.25) is 0 Å². The van der Waals surface area contributed by atoms with Gasteiger partial charge in [0.25, 0.3) is 0 Å². The highest BCUT2D eigenvalue weighted by Gasteiger charge is 2.33. The molecule has 1 fully saturated rings. The van der Waals surface area contributed by atoms with E-state index in [0.29, 0.717) is 5.92 Å². The Labute approximate surface area is 138 Å². The van der Waals surface area contributed by atoms with Crippen molar-refractivity contribution in [2.75, 3.05) is 0 Å². The zero-order chi connectivity index (χ0) is 17.0. The minimum atomic E-state index is 0.139. The van der Waals surface area contributed by atoms with Gasteiger partial charge in [-0.25, -0.2) is 0 Å². The molecule has 0 amide bonds. The van der Waals surface area contributed by atoms with E-state index in [-0.39, 0.29) is 5.41 Å². The summed E-state index contributed by atoms with van der Waals surface area (Å²) in [6.45, 7) is 23.4. The topological polar surface area (TPSA) is 0 Å². The first-order valence-electron chi connectivity index (χ1n) is 8.29. The molecule has 1 aliphatic carbocycles. The van der Waals surface area contributed by atoms with E-state index in [1.807, 2.05) is 18.2 Å². The average molecular weight is 299 g/mol. The Kier molecular flexibility index (Phi) is 10.3. The Morgan fingerprint density at radius 1 is 1.09 bits per heavy atom. The fraction of sp³-hybridized carbons (Fsp3) is 0.455. The highest BCUT2D eigenvalue weighted by atomic mass is 14.4. The Balaban J connectivity index is 0.000000409. The van der Waals surface area contributed by atoms with Crippen molar-refractivity contribution in [1.29, 1.82) is 0 Å². The van der Waals surface area contributed by atoms with Crippen LogP contribution >= 0.6 is 0 Å². The van der Waals surface area contributed by atoms with Gasteiger partial charge in [-0.1, -0.05) is 67.5 Å². The molecule has 0 N–H and O–H groups in total. The zero-order valence-electron chi connectivity index (χ0n) is 14.7. The summed E-state index contributed by atoms with van der Waals surface area (Å²) in [4.78, 5) is 0. The summed E-state index contributed by atoms with van der Waals surface area (Å²) in [6, 6.07) is 0. The van der Waals surface area contributed by atoms with E-state index in [0.717, 1.165) is 18.4 Å². The molecule has 0 aromatic heterocycles. The molecule has 0 spiro atoms. The summed E-state index contributed by atoms with van der Waals surface area (Å²) in [5.74, 6) is 0.557. The van der Waals surface area contributed by atoms with E-state index < -0.39 is 0 Å². The molecule has 1 saturated carbocycles. The minimum absolute atomic E-state index is 0.139. The van der Waals surface area contributed by atoms with Crippen molar-refractivity contribution in [3.63, 3.8) is 0 Å². The van der Waals surface area contributed by atoms with Gasteiger partial charge in [-0.2, -0.15) is 0 Å². The second-order valence-electron chi connectivity index (χ2n) is 6.29. The van der Waals surface area contributed by atoms with Crippen molar-refractivity contribution in [2.45, 2.75) is 52.4 Å². The highest BCUT2D eigenvalue weighted by molar-refractivity contribution is 5.14. The third-order valence-corrected chi connectivity index (χ3v) is 4.42. The highest BCUT2D eigenvalue weighted by Crippen LogP contribution is 2.43. The van der Waals surface area contributed by atoms with Crippen LogP contribution in [0.1, 0.15) is 52.4 Å². The fourth-order valence-corrected chi connectivity index (χ4v) is 2.83. The maximum Gasteiger partial charge on any atom is 0.0118 e. The molecule has 0 heterocycles. The molecule has 0 nitrogen and oxygen atoms in total. The van der Waals surface area contributed by atoms with Crippen molar-refractivity contribution in [1.82, 2.24) is 0 Å². The van der Waals surface area contributed by atoms with Crippen molar-refractivity contribution >= 4 is 0 Å². The molecular formula is C22H34. The van der Waals surface area contributed by atoms with Crippen LogP contribution in [0.3, 0.4) is 0 Å². The number of hydrogen-bond acceptors (Lipinski definition) is 0. The monoisotopic (exact) mass is 298 g/mol. The third kappa shape index (κ3) is 6.93. The molecule has 0 heteroatoms. The first kappa shape index (κ1) is 20.4. The zero-order valence-corrected chi connectivity index (χ0v) is 14.7. The lowest BCUT2D eigenvalue weighted by Crippen LogP contribution is -2.28. The summed E-state index contributed by atoms with van der Waals surface area (Å²) >= 11 is 0. The van der Waals surface area contributed by atoms with E-state index in [2.05, 4.69) is 58.9 Å². The second-order valence-corrected chi connectivity index (χ2v) is 6.29. The van der Waals surface area contributed by atoms with Gasteiger partial charge in [-0.05, 0) is 45.4 Å². The van der Waals surface area contributed by atoms with Crippen LogP contribution in [-0.4, -0.2) is 0 Å². The van der Waals surface area contributed by atoms with E-state index in [9.17, 15) is 0 Å². The molecule has 1 atom stereocenters. The van der Waals surface area contributed by atoms with Crippen LogP contribution in [0.15, 0.2) is 74.4 Å². The summed E-state index contributed by atoms with van der Waals surface area (Å²) in [5, 5.41) is 0. The first-order valence-corrected chi connectivity index (χ1v) is 8.29. The molecule has 1 unspecified atom stereocenters. The van der Waals surface area contributed by atoms with Crippen LogP contribution in [-0.2, 0) is 0 Å². The van der Waals surface area contributed by atoms with E-state index in [1.165, 1.54) is 31.3 Å². The van der Waals surface area contributed by atoms with Gasteiger partial charge in [0.05, 0.1) is 0 Å². The molecule has 0 radical (unpaired) electrons. The van der Waals surface area contributed by atoms with Crippen molar-refractivity contribution in [2.24, 2.45) is 11.3 Å². The van der Waals surface area contributed by atoms with Gasteiger partial charge >= 0.3 is 0 Å². The van der Waals surface area contributed by atoms with E-state index in [1.54, 1.807) is 0 Å². The molecule has 0 bridgehead atoms. The molecular weight excluding hydrogens is 264 g/mol. The lowest BCUT2D eigenvalue weighted by molar-refractivity contribution is 0.252. The predicted molar refractivity (Wildman–Crippen MR) is 103 cm³/mol. The number of allylic oxidation sites excluding steroid dienone is 7. The molecule has 0 aromatic rings. The van der Waals surface area contributed by atoms with Crippen molar-refractivity contribution < 1.29 is 0 Å². The molecule has 22 heavy (non-hydrogen) atoms. The molecule has 1 rings (SSSR count). The summed E-state index contributed by atoms with van der Waals surface area (Å²) < 4.78 is 0. The molecule has 0 saturated heterocycles. The van der Waals surface area contributed by atoms with Crippen LogP contribution in [0.2, 0.25) is 0 Å². The van der Waals surface area contributed by atoms with Crippen LogP contribution < -0.4 is 0 Å². The standard InChI is InChI=1S/C12H18.C10H16/c1-4-11-9-7-8-10-12(11,5-2)6-3;1-5-10(4)8-6-7-9(2)3/h4-6,11H,1-3,7-10H2;5,7H,1,4,6,8H2,2-3H3. The van der Waals surface area contributed by atoms with Crippen LogP contribution in [0.4, 0.5) is 0 Å². The van der Waals surface area contributed by atoms with Crippen LogP contribution in [0.5, 0.6) is 0 Å². The fourth-order valence-electron chi connectivity index (χ4n) is 2.83. The number of hydrogen-bond donors (Lipinski definition) is 0. The van der Waals surface area contributed by atoms with Crippen LogP contribution in [0, 0.1) is 11.3 Å². The Bertz CT molecular complexity index is 407. The summed E-state index contributed by atoms with van der Waals surface area (Å²) in [5.41, 5.74) is 2.63. The van der Waals surface area contributed by atoms with Gasteiger partial charge in [0.15, 0.2) is 0 Å². The minimum Gasteiger partial charge on any atom is -0.103 e. The van der Waals surface area contributed by atoms with Gasteiger partial charge in [0.1, 0.15) is 0 Å². The maximum atomic E-state index is 3.91. The summed E-state index contributed by atoms with van der Waals surface area (Å²) in [7, 11) is 0. The van der Waals surface area contributed by atoms with E-state index >= 15 is 0 Å². The average Bonchev–Trinajstić information content (AvgIpc) is 2.54. The first-order chi connectivity index (χ1) is 10.5. The molecule has 0 aliphatic heterocycles. The third-order valence-electron chi connectivity index (χ3n) is 4.42. The maximum absolute atomic E-state index is 3.91. The second kappa shape index (κ2) is 11.1. The normalized spacial score (nSPS) is 18.9. The predicted octanol–water partition coefficient (Wildman–Crippen LogP) is 7.20. The Morgan fingerprint density at radius 2 is 1.73 bits per heavy atom. The van der Waals surface area contributed by atoms with Gasteiger partial charge in [0, 0.05) is 5.41 Å². The van der Waals surface area contributed by atoms with Gasteiger partial charge in [-0.3, -0.25) is 0 Å². The number of rotatable bonds is 7. The Morgan fingerprint density at radius 3 is 2.14 bits per heavy atom. The Hall–Kier alpha value is -1.56. The largest absolute Gasteiger partial charge is 0.103 e. The SMILES string of the molecule is C=CC(=C)CCC=C(C)C.C=CC1CCCCC1(C=C)C=C. The lowest BCUT2D eigenvalue weighted by atomic mass is 9.66. The smallest absolute Gasteiger partial charge is 0.0118 e. The molecule has 1 aliphatic rings.